The second-order valence-electron chi connectivity index (χ2n) is 2.45. The Morgan fingerprint density at radius 2 is 2.20 bits per heavy atom. The highest BCUT2D eigenvalue weighted by Gasteiger charge is 2.08. The summed E-state index contributed by atoms with van der Waals surface area (Å²) >= 11 is 0. The van der Waals surface area contributed by atoms with E-state index in [0.29, 0.717) is 0 Å². The minimum Gasteiger partial charge on any atom is -0.394 e. The van der Waals surface area contributed by atoms with Crippen molar-refractivity contribution >= 4 is 15.1 Å². The molecule has 0 saturated carbocycles. The third-order valence-electron chi connectivity index (χ3n) is 1.05. The molecule has 0 aromatic carbocycles. The number of hydrogen-bond acceptors (Lipinski definition) is 2. The van der Waals surface area contributed by atoms with Crippen molar-refractivity contribution in [2.75, 3.05) is 6.61 Å². The van der Waals surface area contributed by atoms with Gasteiger partial charge in [-0.05, 0) is 0 Å². The Morgan fingerprint density at radius 3 is 2.50 bits per heavy atom. The van der Waals surface area contributed by atoms with E-state index in [-0.39, 0.29) is 24.2 Å². The zero-order chi connectivity index (χ0) is 8.15. The maximum atomic E-state index is 10.9. The predicted octanol–water partition coefficient (Wildman–Crippen LogP) is -0.0479. The highest BCUT2D eigenvalue weighted by molar-refractivity contribution is 7.17. The van der Waals surface area contributed by atoms with Crippen molar-refractivity contribution in [3.05, 3.63) is 0 Å². The van der Waals surface area contributed by atoms with E-state index in [4.69, 9.17) is 5.11 Å². The van der Waals surface area contributed by atoms with Crippen molar-refractivity contribution in [3.63, 3.8) is 0 Å². The van der Waals surface area contributed by atoms with Crippen LogP contribution in [0.3, 0.4) is 0 Å². The Kier molecular flexibility index (Phi) is 4.58. The number of hydrogen-bond donors (Lipinski definition) is 2. The van der Waals surface area contributed by atoms with E-state index in [1.54, 1.807) is 0 Å². The third-order valence-corrected chi connectivity index (χ3v) is 1.43. The van der Waals surface area contributed by atoms with Crippen LogP contribution in [-0.2, 0) is 4.79 Å². The van der Waals surface area contributed by atoms with E-state index < -0.39 is 0 Å². The lowest BCUT2D eigenvalue weighted by molar-refractivity contribution is -0.124. The number of rotatable bonds is 3. The van der Waals surface area contributed by atoms with Gasteiger partial charge in [0.1, 0.15) is 0 Å². The molecule has 0 aliphatic carbocycles. The summed E-state index contributed by atoms with van der Waals surface area (Å²) in [4.78, 5) is 10.9. The number of carbonyl (C=O) groups excluding carboxylic acids is 1. The van der Waals surface area contributed by atoms with Gasteiger partial charge in [-0.25, -0.2) is 0 Å². The topological polar surface area (TPSA) is 49.3 Å². The van der Waals surface area contributed by atoms with Crippen LogP contribution in [0.15, 0.2) is 0 Å². The summed E-state index contributed by atoms with van der Waals surface area (Å²) in [7, 11) is 2.34. The van der Waals surface area contributed by atoms with Crippen molar-refractivity contribution in [2.45, 2.75) is 19.6 Å². The predicted molar refractivity (Wildman–Crippen MR) is 43.6 cm³/mol. The smallest absolute Gasteiger partial charge is 0.223 e. The van der Waals surface area contributed by atoms with Gasteiger partial charge < -0.3 is 10.4 Å². The molecule has 0 aliphatic rings. The minimum absolute atomic E-state index is 0.0189. The monoisotopic (exact) mass is 163 g/mol. The fourth-order valence-corrected chi connectivity index (χ4v) is 0.559. The van der Waals surface area contributed by atoms with E-state index >= 15 is 0 Å². The zero-order valence-electron chi connectivity index (χ0n) is 6.29. The van der Waals surface area contributed by atoms with Crippen molar-refractivity contribution in [2.24, 2.45) is 5.92 Å². The van der Waals surface area contributed by atoms with Crippen LogP contribution in [0.2, 0.25) is 0 Å². The zero-order valence-corrected chi connectivity index (χ0v) is 7.45. The van der Waals surface area contributed by atoms with Crippen LogP contribution in [0.25, 0.3) is 0 Å². The first-order valence-electron chi connectivity index (χ1n) is 3.24. The standard InChI is InChI=1S/C6H14NO2P/c1-4(2)6(9)7-5(10)3-8/h4-5,8H,3,10H2,1-2H3,(H,7,9). The Morgan fingerprint density at radius 1 is 1.70 bits per heavy atom. The fourth-order valence-electron chi connectivity index (χ4n) is 0.395. The van der Waals surface area contributed by atoms with Crippen LogP contribution in [-0.4, -0.2) is 23.4 Å². The molecule has 2 unspecified atom stereocenters. The van der Waals surface area contributed by atoms with Gasteiger partial charge >= 0.3 is 0 Å². The SMILES string of the molecule is CC(C)C(=O)NC(P)CO. The van der Waals surface area contributed by atoms with Crippen LogP contribution < -0.4 is 5.32 Å². The van der Waals surface area contributed by atoms with Crippen LogP contribution in [0, 0.1) is 5.92 Å². The molecular weight excluding hydrogens is 149 g/mol. The van der Waals surface area contributed by atoms with Gasteiger partial charge in [0.2, 0.25) is 5.91 Å². The molecule has 0 aromatic rings. The third kappa shape index (κ3) is 3.80. The van der Waals surface area contributed by atoms with E-state index in [2.05, 4.69) is 14.6 Å². The lowest BCUT2D eigenvalue weighted by Gasteiger charge is -2.11. The Balaban J connectivity index is 3.57. The summed E-state index contributed by atoms with van der Waals surface area (Å²) in [5, 5.41) is 11.1. The van der Waals surface area contributed by atoms with Crippen molar-refractivity contribution < 1.29 is 9.90 Å². The molecule has 0 rings (SSSR count). The second kappa shape index (κ2) is 4.64. The first-order chi connectivity index (χ1) is 4.57. The molecule has 0 spiro atoms. The Labute approximate surface area is 63.4 Å². The van der Waals surface area contributed by atoms with Crippen LogP contribution in [0.4, 0.5) is 0 Å². The van der Waals surface area contributed by atoms with E-state index in [1.165, 1.54) is 0 Å². The molecule has 0 aromatic heterocycles. The maximum Gasteiger partial charge on any atom is 0.223 e. The molecule has 0 bridgehead atoms. The number of amides is 1. The molecule has 2 atom stereocenters. The number of nitrogens with one attached hydrogen (secondary N) is 1. The summed E-state index contributed by atoms with van der Waals surface area (Å²) in [6, 6.07) is 0. The normalized spacial score (nSPS) is 13.3. The van der Waals surface area contributed by atoms with Crippen molar-refractivity contribution in [1.82, 2.24) is 5.32 Å². The summed E-state index contributed by atoms with van der Waals surface area (Å²) < 4.78 is 0. The molecule has 4 heteroatoms. The minimum atomic E-state index is -0.213. The first-order valence-corrected chi connectivity index (χ1v) is 3.91. The van der Waals surface area contributed by atoms with Gasteiger partial charge in [0, 0.05) is 5.92 Å². The highest BCUT2D eigenvalue weighted by Crippen LogP contribution is 1.97. The van der Waals surface area contributed by atoms with Crippen LogP contribution in [0.5, 0.6) is 0 Å². The molecule has 1 amide bonds. The van der Waals surface area contributed by atoms with Gasteiger partial charge in [-0.15, -0.1) is 9.24 Å². The van der Waals surface area contributed by atoms with Gasteiger partial charge in [0.05, 0.1) is 12.4 Å². The quantitative estimate of drug-likeness (QED) is 0.573. The largest absolute Gasteiger partial charge is 0.394 e. The van der Waals surface area contributed by atoms with E-state index in [1.807, 2.05) is 13.8 Å². The summed E-state index contributed by atoms with van der Waals surface area (Å²) in [6.07, 6.45) is 0. The molecule has 0 saturated heterocycles. The van der Waals surface area contributed by atoms with Crippen molar-refractivity contribution in [1.29, 1.82) is 0 Å². The molecule has 0 heterocycles. The lowest BCUT2D eigenvalue weighted by atomic mass is 10.2. The summed E-state index contributed by atoms with van der Waals surface area (Å²) in [5.74, 6) is -0.265. The molecule has 3 nitrogen and oxygen atoms in total. The van der Waals surface area contributed by atoms with Crippen LogP contribution >= 0.6 is 9.24 Å². The lowest BCUT2D eigenvalue weighted by Crippen LogP contribution is -2.35. The maximum absolute atomic E-state index is 10.9. The second-order valence-corrected chi connectivity index (χ2v) is 3.26. The highest BCUT2D eigenvalue weighted by atomic mass is 31.0. The fraction of sp³-hybridized carbons (Fsp3) is 0.833. The number of carbonyl (C=O) groups is 1. The number of aliphatic hydroxyl groups excluding tert-OH is 1. The molecular formula is C6H14NO2P. The molecule has 0 aliphatic heterocycles. The summed E-state index contributed by atoms with van der Waals surface area (Å²) in [6.45, 7) is 3.58. The van der Waals surface area contributed by atoms with E-state index in [9.17, 15) is 4.79 Å². The Hall–Kier alpha value is -0.140. The molecule has 60 valence electrons. The van der Waals surface area contributed by atoms with Gasteiger partial charge in [0.25, 0.3) is 0 Å². The van der Waals surface area contributed by atoms with Crippen molar-refractivity contribution in [3.8, 4) is 0 Å². The van der Waals surface area contributed by atoms with Crippen LogP contribution in [0.1, 0.15) is 13.8 Å². The summed E-state index contributed by atoms with van der Waals surface area (Å²) in [5.41, 5.74) is 0. The van der Waals surface area contributed by atoms with Gasteiger partial charge in [0.15, 0.2) is 0 Å². The first kappa shape index (κ1) is 9.86. The number of aliphatic hydroxyl groups is 1. The molecule has 2 N–H and O–H groups in total. The van der Waals surface area contributed by atoms with Gasteiger partial charge in [-0.1, -0.05) is 13.8 Å². The Bertz CT molecular complexity index is 116. The molecule has 0 fully saturated rings. The molecule has 10 heavy (non-hydrogen) atoms. The van der Waals surface area contributed by atoms with Gasteiger partial charge in [-0.3, -0.25) is 4.79 Å². The molecule has 0 radical (unpaired) electrons. The average molecular weight is 163 g/mol. The van der Waals surface area contributed by atoms with Gasteiger partial charge in [-0.2, -0.15) is 0 Å². The van der Waals surface area contributed by atoms with E-state index in [0.717, 1.165) is 0 Å². The average Bonchev–Trinajstić information content (AvgIpc) is 1.87.